The molecule has 0 saturated carbocycles. The number of halogens is 2. The monoisotopic (exact) mass is 419 g/mol. The number of benzene rings is 2. The molecule has 142 valence electrons. The minimum Gasteiger partial charge on any atom is -0.451 e. The van der Waals surface area contributed by atoms with E-state index in [0.717, 1.165) is 6.07 Å². The molecule has 28 heavy (non-hydrogen) atoms. The minimum absolute atomic E-state index is 0.0391. The predicted octanol–water partition coefficient (Wildman–Crippen LogP) is 4.77. The molecule has 3 rings (SSSR count). The van der Waals surface area contributed by atoms with Gasteiger partial charge in [-0.15, -0.1) is 0 Å². The lowest BCUT2D eigenvalue weighted by Gasteiger charge is -2.09. The number of anilines is 1. The number of hydrogen-bond donors (Lipinski definition) is 2. The number of nitrogens with one attached hydrogen (secondary N) is 2. The van der Waals surface area contributed by atoms with Crippen LogP contribution < -0.4 is 10.6 Å². The van der Waals surface area contributed by atoms with Gasteiger partial charge in [-0.25, -0.2) is 4.39 Å². The van der Waals surface area contributed by atoms with Crippen molar-refractivity contribution in [3.8, 4) is 11.3 Å². The summed E-state index contributed by atoms with van der Waals surface area (Å²) in [5.41, 5.74) is 0.756. The lowest BCUT2D eigenvalue weighted by atomic mass is 10.1. The Labute approximate surface area is 168 Å². The molecule has 2 aromatic carbocycles. The third-order valence-corrected chi connectivity index (χ3v) is 4.07. The maximum atomic E-state index is 13.2. The number of amides is 1. The first-order chi connectivity index (χ1) is 13.3. The molecule has 0 unspecified atom stereocenters. The molecule has 0 aliphatic carbocycles. The molecular weight excluding hydrogens is 409 g/mol. The number of carbonyl (C=O) groups excluding carboxylic acids is 1. The van der Waals surface area contributed by atoms with E-state index < -0.39 is 16.6 Å². The van der Waals surface area contributed by atoms with Crippen LogP contribution in [-0.2, 0) is 0 Å². The normalized spacial score (nSPS) is 10.4. The number of nitrogens with zero attached hydrogens (tertiary/aromatic N) is 1. The van der Waals surface area contributed by atoms with Crippen molar-refractivity contribution < 1.29 is 18.5 Å². The summed E-state index contributed by atoms with van der Waals surface area (Å²) < 4.78 is 18.6. The Balaban J connectivity index is 1.68. The van der Waals surface area contributed by atoms with Gasteiger partial charge in [-0.2, -0.15) is 0 Å². The average molecular weight is 420 g/mol. The molecule has 0 atom stereocenters. The van der Waals surface area contributed by atoms with Crippen LogP contribution in [0, 0.1) is 15.9 Å². The standard InChI is InChI=1S/C18H11ClFN3O4S/c19-13-9-11(4-5-14(13)20)21-18(28)22-17(24)16-7-6-15(27-16)10-2-1-3-12(8-10)23(25)26/h1-9H,(H2,21,22,24,28). The van der Waals surface area contributed by atoms with E-state index in [-0.39, 0.29) is 27.3 Å². The second kappa shape index (κ2) is 8.15. The van der Waals surface area contributed by atoms with Gasteiger partial charge in [0.1, 0.15) is 11.6 Å². The van der Waals surface area contributed by atoms with Crippen LogP contribution in [0.25, 0.3) is 11.3 Å². The van der Waals surface area contributed by atoms with Crippen molar-refractivity contribution in [2.24, 2.45) is 0 Å². The molecule has 0 fully saturated rings. The van der Waals surface area contributed by atoms with Gasteiger partial charge < -0.3 is 9.73 Å². The van der Waals surface area contributed by atoms with Gasteiger partial charge in [0.15, 0.2) is 10.9 Å². The molecule has 1 aromatic heterocycles. The largest absolute Gasteiger partial charge is 0.451 e. The van der Waals surface area contributed by atoms with Gasteiger partial charge in [0, 0.05) is 23.4 Å². The lowest BCUT2D eigenvalue weighted by Crippen LogP contribution is -2.33. The maximum absolute atomic E-state index is 13.2. The van der Waals surface area contributed by atoms with Crippen LogP contribution in [0.4, 0.5) is 15.8 Å². The van der Waals surface area contributed by atoms with E-state index in [1.807, 2.05) is 0 Å². The van der Waals surface area contributed by atoms with Crippen LogP contribution in [0.2, 0.25) is 5.02 Å². The number of non-ortho nitro benzene ring substituents is 1. The Kier molecular flexibility index (Phi) is 5.67. The number of rotatable bonds is 4. The van der Waals surface area contributed by atoms with Gasteiger partial charge in [-0.1, -0.05) is 23.7 Å². The zero-order valence-electron chi connectivity index (χ0n) is 13.9. The predicted molar refractivity (Wildman–Crippen MR) is 106 cm³/mol. The first kappa shape index (κ1) is 19.5. The molecule has 7 nitrogen and oxygen atoms in total. The van der Waals surface area contributed by atoms with Crippen LogP contribution in [0.5, 0.6) is 0 Å². The van der Waals surface area contributed by atoms with E-state index in [2.05, 4.69) is 10.6 Å². The van der Waals surface area contributed by atoms with Crippen molar-refractivity contribution in [2.45, 2.75) is 0 Å². The second-order valence-electron chi connectivity index (χ2n) is 5.51. The van der Waals surface area contributed by atoms with Gasteiger partial charge >= 0.3 is 0 Å². The van der Waals surface area contributed by atoms with Crippen molar-refractivity contribution in [1.29, 1.82) is 0 Å². The highest BCUT2D eigenvalue weighted by molar-refractivity contribution is 7.80. The molecule has 2 N–H and O–H groups in total. The summed E-state index contributed by atoms with van der Waals surface area (Å²) in [6.07, 6.45) is 0. The molecule has 3 aromatic rings. The lowest BCUT2D eigenvalue weighted by molar-refractivity contribution is -0.384. The molecule has 0 aliphatic rings. The van der Waals surface area contributed by atoms with Crippen LogP contribution in [0.3, 0.4) is 0 Å². The first-order valence-corrected chi connectivity index (χ1v) is 8.54. The molecule has 10 heteroatoms. The zero-order chi connectivity index (χ0) is 20.3. The Bertz CT molecular complexity index is 1090. The van der Waals surface area contributed by atoms with Crippen LogP contribution >= 0.6 is 23.8 Å². The summed E-state index contributed by atoms with van der Waals surface area (Å²) in [6.45, 7) is 0. The van der Waals surface area contributed by atoms with E-state index in [1.54, 1.807) is 6.07 Å². The molecule has 0 aliphatic heterocycles. The van der Waals surface area contributed by atoms with E-state index in [1.165, 1.54) is 42.5 Å². The molecular formula is C18H11ClFN3O4S. The third kappa shape index (κ3) is 4.51. The highest BCUT2D eigenvalue weighted by atomic mass is 35.5. The molecule has 0 radical (unpaired) electrons. The van der Waals surface area contributed by atoms with E-state index in [4.69, 9.17) is 28.2 Å². The topological polar surface area (TPSA) is 97.4 Å². The van der Waals surface area contributed by atoms with E-state index >= 15 is 0 Å². The molecule has 1 heterocycles. The van der Waals surface area contributed by atoms with Crippen LogP contribution in [0.15, 0.2) is 59.0 Å². The van der Waals surface area contributed by atoms with Crippen LogP contribution in [0.1, 0.15) is 10.6 Å². The highest BCUT2D eigenvalue weighted by Crippen LogP contribution is 2.26. The van der Waals surface area contributed by atoms with Gasteiger partial charge in [0.05, 0.1) is 9.95 Å². The zero-order valence-corrected chi connectivity index (χ0v) is 15.5. The van der Waals surface area contributed by atoms with Crippen molar-refractivity contribution >= 4 is 46.2 Å². The summed E-state index contributed by atoms with van der Waals surface area (Å²) in [5.74, 6) is -0.949. The second-order valence-corrected chi connectivity index (χ2v) is 6.32. The smallest absolute Gasteiger partial charge is 0.293 e. The van der Waals surface area contributed by atoms with E-state index in [9.17, 15) is 19.3 Å². The third-order valence-electron chi connectivity index (χ3n) is 3.58. The van der Waals surface area contributed by atoms with Crippen LogP contribution in [-0.4, -0.2) is 15.9 Å². The summed E-state index contributed by atoms with van der Waals surface area (Å²) in [7, 11) is 0. The van der Waals surface area contributed by atoms with Gasteiger partial charge in [-0.3, -0.25) is 20.2 Å². The average Bonchev–Trinajstić information content (AvgIpc) is 3.15. The minimum atomic E-state index is -0.623. The number of carbonyl (C=O) groups is 1. The van der Waals surface area contributed by atoms with Crippen molar-refractivity contribution in [1.82, 2.24) is 5.32 Å². The summed E-state index contributed by atoms with van der Waals surface area (Å²) in [5, 5.41) is 15.9. The SMILES string of the molecule is O=C(NC(=S)Nc1ccc(F)c(Cl)c1)c1ccc(-c2cccc([N+](=O)[O-])c2)o1. The Hall–Kier alpha value is -3.30. The maximum Gasteiger partial charge on any atom is 0.293 e. The number of furan rings is 1. The number of hydrogen-bond acceptors (Lipinski definition) is 5. The number of nitro groups is 1. The van der Waals surface area contributed by atoms with Crippen molar-refractivity contribution in [3.63, 3.8) is 0 Å². The molecule has 0 spiro atoms. The molecule has 1 amide bonds. The van der Waals surface area contributed by atoms with Crippen molar-refractivity contribution in [3.05, 3.63) is 81.3 Å². The highest BCUT2D eigenvalue weighted by Gasteiger charge is 2.15. The number of nitro benzene ring substituents is 1. The van der Waals surface area contributed by atoms with Crippen molar-refractivity contribution in [2.75, 3.05) is 5.32 Å². The van der Waals surface area contributed by atoms with E-state index in [0.29, 0.717) is 11.3 Å². The molecule has 0 bridgehead atoms. The molecule has 0 saturated heterocycles. The quantitative estimate of drug-likeness (QED) is 0.359. The Morgan fingerprint density at radius 1 is 1.18 bits per heavy atom. The van der Waals surface area contributed by atoms with Gasteiger partial charge in [0.2, 0.25) is 0 Å². The first-order valence-electron chi connectivity index (χ1n) is 7.75. The summed E-state index contributed by atoms with van der Waals surface area (Å²) in [4.78, 5) is 22.6. The van der Waals surface area contributed by atoms with Gasteiger partial charge in [0.25, 0.3) is 11.6 Å². The fourth-order valence-corrected chi connectivity index (χ4v) is 2.68. The summed E-state index contributed by atoms with van der Waals surface area (Å²) >= 11 is 10.7. The Morgan fingerprint density at radius 3 is 2.68 bits per heavy atom. The summed E-state index contributed by atoms with van der Waals surface area (Å²) in [6, 6.07) is 12.7. The Morgan fingerprint density at radius 2 is 1.96 bits per heavy atom. The number of thiocarbonyl (C=S) groups is 1. The van der Waals surface area contributed by atoms with Gasteiger partial charge in [-0.05, 0) is 42.5 Å². The fourth-order valence-electron chi connectivity index (χ4n) is 2.29. The fraction of sp³-hybridized carbons (Fsp3) is 0.